The van der Waals surface area contributed by atoms with Gasteiger partial charge in [0.25, 0.3) is 0 Å². The molecule has 0 saturated carbocycles. The van der Waals surface area contributed by atoms with Crippen LogP contribution >= 0.6 is 0 Å². The van der Waals surface area contributed by atoms with Gasteiger partial charge in [0.05, 0.1) is 0 Å². The molecule has 2 atom stereocenters. The molecule has 2 fully saturated rings. The topological polar surface area (TPSA) is 40.1 Å². The van der Waals surface area contributed by atoms with Crippen molar-refractivity contribution in [3.8, 4) is 0 Å². The van der Waals surface area contributed by atoms with Gasteiger partial charge in [-0.3, -0.25) is 0 Å². The van der Waals surface area contributed by atoms with E-state index in [0.717, 1.165) is 5.92 Å². The fraction of sp³-hybridized carbons (Fsp3) is 0.571. The van der Waals surface area contributed by atoms with Crippen LogP contribution in [-0.2, 0) is 6.54 Å². The predicted octanol–water partition coefficient (Wildman–Crippen LogP) is 2.16. The normalized spacial score (nSPS) is 32.9. The molecular formula is C14H19N2. The van der Waals surface area contributed by atoms with Crippen molar-refractivity contribution in [2.75, 3.05) is 0 Å². The quantitative estimate of drug-likeness (QED) is 0.807. The van der Waals surface area contributed by atoms with E-state index in [-0.39, 0.29) is 0 Å². The lowest BCUT2D eigenvalue weighted by Gasteiger charge is -2.28. The van der Waals surface area contributed by atoms with E-state index in [1.54, 1.807) is 0 Å². The third kappa shape index (κ3) is 1.87. The SMILES string of the molecule is NCc1ccc(C2CC3CCC(C2)[N]3)cc1. The summed E-state index contributed by atoms with van der Waals surface area (Å²) in [6.45, 7) is 0.644. The highest BCUT2D eigenvalue weighted by Gasteiger charge is 2.35. The standard InChI is InChI=1S/C14H19N2/c15-9-10-1-3-11(4-2-10)12-7-13-5-6-14(8-12)16-13/h1-4,12-14H,5-9,15H2. The molecule has 0 spiro atoms. The summed E-state index contributed by atoms with van der Waals surface area (Å²) in [7, 11) is 0. The summed E-state index contributed by atoms with van der Waals surface area (Å²) < 4.78 is 0. The second-order valence-electron chi connectivity index (χ2n) is 5.15. The molecule has 2 bridgehead atoms. The van der Waals surface area contributed by atoms with Crippen LogP contribution in [0.5, 0.6) is 0 Å². The van der Waals surface area contributed by atoms with Crippen LogP contribution in [0.4, 0.5) is 0 Å². The zero-order valence-electron chi connectivity index (χ0n) is 9.60. The van der Waals surface area contributed by atoms with Crippen molar-refractivity contribution in [3.63, 3.8) is 0 Å². The molecule has 2 aliphatic rings. The molecule has 85 valence electrons. The predicted molar refractivity (Wildman–Crippen MR) is 65.3 cm³/mol. The molecule has 2 nitrogen and oxygen atoms in total. The van der Waals surface area contributed by atoms with Gasteiger partial charge in [0, 0.05) is 18.6 Å². The van der Waals surface area contributed by atoms with E-state index in [9.17, 15) is 0 Å². The molecule has 3 rings (SSSR count). The first-order valence-corrected chi connectivity index (χ1v) is 6.34. The molecule has 2 saturated heterocycles. The fourth-order valence-corrected chi connectivity index (χ4v) is 3.14. The molecule has 1 aromatic rings. The minimum atomic E-state index is 0.644. The van der Waals surface area contributed by atoms with Crippen LogP contribution in [-0.4, -0.2) is 12.1 Å². The van der Waals surface area contributed by atoms with E-state index in [2.05, 4.69) is 24.3 Å². The van der Waals surface area contributed by atoms with Crippen LogP contribution in [0.25, 0.3) is 0 Å². The molecule has 16 heavy (non-hydrogen) atoms. The monoisotopic (exact) mass is 215 g/mol. The Hall–Kier alpha value is -0.860. The lowest BCUT2D eigenvalue weighted by Crippen LogP contribution is -2.31. The van der Waals surface area contributed by atoms with Gasteiger partial charge in [-0.2, -0.15) is 0 Å². The maximum Gasteiger partial charge on any atom is 0.0255 e. The van der Waals surface area contributed by atoms with E-state index in [4.69, 9.17) is 11.1 Å². The van der Waals surface area contributed by atoms with Crippen molar-refractivity contribution < 1.29 is 0 Å². The highest BCUT2D eigenvalue weighted by Crippen LogP contribution is 2.38. The Morgan fingerprint density at radius 2 is 1.69 bits per heavy atom. The molecule has 2 N–H and O–H groups in total. The number of hydrogen-bond acceptors (Lipinski definition) is 1. The van der Waals surface area contributed by atoms with E-state index in [1.165, 1.54) is 36.8 Å². The second-order valence-corrected chi connectivity index (χ2v) is 5.15. The lowest BCUT2D eigenvalue weighted by molar-refractivity contribution is 0.356. The fourth-order valence-electron chi connectivity index (χ4n) is 3.14. The van der Waals surface area contributed by atoms with E-state index in [0.29, 0.717) is 18.6 Å². The molecular weight excluding hydrogens is 196 g/mol. The Balaban J connectivity index is 1.76. The molecule has 0 amide bonds. The number of benzene rings is 1. The van der Waals surface area contributed by atoms with Crippen LogP contribution in [0.15, 0.2) is 24.3 Å². The minimum Gasteiger partial charge on any atom is -0.326 e. The van der Waals surface area contributed by atoms with Gasteiger partial charge < -0.3 is 5.73 Å². The van der Waals surface area contributed by atoms with Crippen molar-refractivity contribution in [2.45, 2.75) is 50.2 Å². The lowest BCUT2D eigenvalue weighted by atomic mass is 9.86. The van der Waals surface area contributed by atoms with Gasteiger partial charge in [-0.15, -0.1) is 0 Å². The summed E-state index contributed by atoms with van der Waals surface area (Å²) in [5.41, 5.74) is 8.34. The van der Waals surface area contributed by atoms with Crippen molar-refractivity contribution in [3.05, 3.63) is 35.4 Å². The maximum atomic E-state index is 5.62. The van der Waals surface area contributed by atoms with E-state index >= 15 is 0 Å². The summed E-state index contributed by atoms with van der Waals surface area (Å²) in [6.07, 6.45) is 5.17. The molecule has 2 heteroatoms. The summed E-state index contributed by atoms with van der Waals surface area (Å²) in [4.78, 5) is 0. The molecule has 0 aromatic heterocycles. The summed E-state index contributed by atoms with van der Waals surface area (Å²) in [5.74, 6) is 0.738. The molecule has 0 aliphatic carbocycles. The highest BCUT2D eigenvalue weighted by molar-refractivity contribution is 5.26. The number of rotatable bonds is 2. The first-order valence-electron chi connectivity index (χ1n) is 6.34. The van der Waals surface area contributed by atoms with Crippen LogP contribution in [0.3, 0.4) is 0 Å². The van der Waals surface area contributed by atoms with Gasteiger partial charge in [-0.25, -0.2) is 5.32 Å². The van der Waals surface area contributed by atoms with Gasteiger partial charge in [0.15, 0.2) is 0 Å². The molecule has 2 aliphatic heterocycles. The number of nitrogens with zero attached hydrogens (tertiary/aromatic N) is 1. The van der Waals surface area contributed by atoms with Crippen molar-refractivity contribution in [1.29, 1.82) is 0 Å². The van der Waals surface area contributed by atoms with Crippen LogP contribution < -0.4 is 11.1 Å². The second kappa shape index (κ2) is 4.19. The molecule has 2 unspecified atom stereocenters. The van der Waals surface area contributed by atoms with Crippen molar-refractivity contribution in [2.24, 2.45) is 5.73 Å². The van der Waals surface area contributed by atoms with Gasteiger partial charge in [-0.1, -0.05) is 24.3 Å². The first kappa shape index (κ1) is 10.3. The third-order valence-corrected chi connectivity index (χ3v) is 4.05. The Kier molecular flexibility index (Phi) is 2.70. The van der Waals surface area contributed by atoms with Gasteiger partial charge in [0.2, 0.25) is 0 Å². The van der Waals surface area contributed by atoms with Gasteiger partial charge in [0.1, 0.15) is 0 Å². The summed E-state index contributed by atoms with van der Waals surface area (Å²) in [6, 6.07) is 10.2. The largest absolute Gasteiger partial charge is 0.326 e. The zero-order valence-corrected chi connectivity index (χ0v) is 9.60. The van der Waals surface area contributed by atoms with Gasteiger partial charge >= 0.3 is 0 Å². The van der Waals surface area contributed by atoms with Gasteiger partial charge in [-0.05, 0) is 42.7 Å². The maximum absolute atomic E-state index is 5.62. The molecule has 1 radical (unpaired) electrons. The molecule has 1 aromatic carbocycles. The van der Waals surface area contributed by atoms with Crippen LogP contribution in [0, 0.1) is 0 Å². The van der Waals surface area contributed by atoms with Crippen LogP contribution in [0.1, 0.15) is 42.7 Å². The smallest absolute Gasteiger partial charge is 0.0255 e. The number of nitrogens with two attached hydrogens (primary N) is 1. The Bertz CT molecular complexity index is 346. The number of piperidine rings is 1. The number of hydrogen-bond donors (Lipinski definition) is 1. The van der Waals surface area contributed by atoms with E-state index in [1.807, 2.05) is 0 Å². The molecule has 2 heterocycles. The Morgan fingerprint density at radius 3 is 2.25 bits per heavy atom. The first-order chi connectivity index (χ1) is 7.85. The highest BCUT2D eigenvalue weighted by atomic mass is 15.0. The third-order valence-electron chi connectivity index (χ3n) is 4.05. The van der Waals surface area contributed by atoms with Crippen LogP contribution in [0.2, 0.25) is 0 Å². The van der Waals surface area contributed by atoms with Crippen molar-refractivity contribution in [1.82, 2.24) is 5.32 Å². The zero-order chi connectivity index (χ0) is 11.0. The average molecular weight is 215 g/mol. The number of fused-ring (bicyclic) bond motifs is 2. The van der Waals surface area contributed by atoms with Crippen molar-refractivity contribution >= 4 is 0 Å². The Labute approximate surface area is 97.2 Å². The summed E-state index contributed by atoms with van der Waals surface area (Å²) in [5, 5.41) is 4.78. The summed E-state index contributed by atoms with van der Waals surface area (Å²) >= 11 is 0. The Morgan fingerprint density at radius 1 is 1.06 bits per heavy atom. The minimum absolute atomic E-state index is 0.644. The van der Waals surface area contributed by atoms with E-state index < -0.39 is 0 Å². The average Bonchev–Trinajstić information content (AvgIpc) is 2.68.